The van der Waals surface area contributed by atoms with Gasteiger partial charge in [-0.25, -0.2) is 0 Å². The van der Waals surface area contributed by atoms with Crippen LogP contribution in [0.15, 0.2) is 24.3 Å². The molecule has 2 aromatic rings. The second-order valence-electron chi connectivity index (χ2n) is 7.39. The number of nitrogen functional groups attached to an aromatic ring is 1. The zero-order valence-corrected chi connectivity index (χ0v) is 22.5. The molecule has 0 radical (unpaired) electrons. The SMILES string of the molecule is Nc1c2c(c(CC(O)c3cccc(Cl)c3)c3c1OC(C(=O)[O-])(C(=O)[O-])O3)CCCC2.[Na+].[Na+]. The van der Waals surface area contributed by atoms with Crippen LogP contribution in [0.2, 0.25) is 5.02 Å². The summed E-state index contributed by atoms with van der Waals surface area (Å²) in [4.78, 5) is 23.1. The molecule has 0 bridgehead atoms. The fourth-order valence-corrected chi connectivity index (χ4v) is 4.28. The average Bonchev–Trinajstić information content (AvgIpc) is 3.14. The maximum absolute atomic E-state index is 11.6. The van der Waals surface area contributed by atoms with E-state index in [-0.39, 0.29) is 82.7 Å². The molecule has 0 aromatic heterocycles. The number of carboxylic acids is 2. The molecule has 1 aliphatic carbocycles. The number of fused-ring (bicyclic) bond motifs is 2. The Morgan fingerprint density at radius 3 is 2.28 bits per heavy atom. The van der Waals surface area contributed by atoms with Crippen molar-refractivity contribution in [3.63, 3.8) is 0 Å². The number of carbonyl (C=O) groups is 2. The molecule has 1 aliphatic heterocycles. The van der Waals surface area contributed by atoms with Crippen molar-refractivity contribution in [3.05, 3.63) is 51.5 Å². The number of carboxylic acid groups (broad SMARTS) is 2. The molecule has 32 heavy (non-hydrogen) atoms. The zero-order valence-electron chi connectivity index (χ0n) is 17.8. The second kappa shape index (κ2) is 10.5. The van der Waals surface area contributed by atoms with Crippen molar-refractivity contribution in [2.75, 3.05) is 5.73 Å². The van der Waals surface area contributed by atoms with Gasteiger partial charge in [0.2, 0.25) is 0 Å². The van der Waals surface area contributed by atoms with E-state index in [4.69, 9.17) is 26.8 Å². The van der Waals surface area contributed by atoms with Crippen molar-refractivity contribution in [1.29, 1.82) is 0 Å². The Morgan fingerprint density at radius 2 is 1.69 bits per heavy atom. The van der Waals surface area contributed by atoms with E-state index in [0.717, 1.165) is 24.0 Å². The van der Waals surface area contributed by atoms with Gasteiger partial charge in [0.1, 0.15) is 11.9 Å². The minimum Gasteiger partial charge on any atom is -0.542 e. The number of halogens is 1. The van der Waals surface area contributed by atoms with Gasteiger partial charge in [-0.05, 0) is 54.5 Å². The number of aliphatic carboxylic acids is 2. The topological polar surface area (TPSA) is 145 Å². The third-order valence-corrected chi connectivity index (χ3v) is 5.78. The number of aliphatic hydroxyl groups excluding tert-OH is 1. The predicted octanol–water partition coefficient (Wildman–Crippen LogP) is -5.95. The zero-order chi connectivity index (χ0) is 21.6. The van der Waals surface area contributed by atoms with E-state index in [1.807, 2.05) is 0 Å². The molecule has 8 nitrogen and oxygen atoms in total. The van der Waals surface area contributed by atoms with Gasteiger partial charge in [0.25, 0.3) is 0 Å². The molecule has 11 heteroatoms. The van der Waals surface area contributed by atoms with Gasteiger partial charge >= 0.3 is 64.9 Å². The standard InChI is InChI=1S/C21H20ClNO7.2Na/c22-11-5-3-4-10(8-11)15(24)9-14-12-6-1-2-7-13(12)16(23)18-17(14)29-21(30-18,19(25)26)20(27)28;;/h3-5,8,15,24H,1-2,6-7,9,23H2,(H,25,26)(H,27,28);;/q;2*+1/p-2. The van der Waals surface area contributed by atoms with Gasteiger partial charge in [-0.2, -0.15) is 0 Å². The summed E-state index contributed by atoms with van der Waals surface area (Å²) < 4.78 is 10.5. The first kappa shape index (κ1) is 27.3. The van der Waals surface area contributed by atoms with Gasteiger partial charge in [-0.1, -0.05) is 23.7 Å². The van der Waals surface area contributed by atoms with Gasteiger partial charge in [0.05, 0.1) is 11.8 Å². The van der Waals surface area contributed by atoms with Crippen LogP contribution >= 0.6 is 11.6 Å². The average molecular weight is 478 g/mol. The maximum atomic E-state index is 11.6. The summed E-state index contributed by atoms with van der Waals surface area (Å²) in [5.41, 5.74) is 8.86. The molecule has 3 N–H and O–H groups in total. The molecular weight excluding hydrogens is 460 g/mol. The predicted molar refractivity (Wildman–Crippen MR) is 102 cm³/mol. The smallest absolute Gasteiger partial charge is 0.542 e. The minimum absolute atomic E-state index is 0. The number of aliphatic hydroxyl groups is 1. The summed E-state index contributed by atoms with van der Waals surface area (Å²) in [6, 6.07) is 6.68. The summed E-state index contributed by atoms with van der Waals surface area (Å²) in [6.45, 7) is 0. The third-order valence-electron chi connectivity index (χ3n) is 5.54. The monoisotopic (exact) mass is 477 g/mol. The molecular formula is C21H18ClNNa2O7. The third kappa shape index (κ3) is 4.65. The van der Waals surface area contributed by atoms with E-state index in [0.29, 0.717) is 29.0 Å². The van der Waals surface area contributed by atoms with E-state index in [2.05, 4.69) is 0 Å². The van der Waals surface area contributed by atoms with E-state index in [1.165, 1.54) is 0 Å². The molecule has 0 saturated heterocycles. The van der Waals surface area contributed by atoms with Crippen LogP contribution in [0, 0.1) is 0 Å². The quantitative estimate of drug-likeness (QED) is 0.246. The first-order valence-electron chi connectivity index (χ1n) is 9.45. The minimum atomic E-state index is -3.14. The molecule has 1 atom stereocenters. The number of benzene rings is 2. The maximum Gasteiger partial charge on any atom is 1.00 e. The molecule has 0 spiro atoms. The first-order chi connectivity index (χ1) is 14.2. The molecule has 1 heterocycles. The number of rotatable bonds is 5. The number of ether oxygens (including phenoxy) is 2. The molecule has 0 saturated carbocycles. The second-order valence-corrected chi connectivity index (χ2v) is 7.82. The Morgan fingerprint density at radius 1 is 1.09 bits per heavy atom. The summed E-state index contributed by atoms with van der Waals surface area (Å²) in [5, 5.41) is 34.4. The van der Waals surface area contributed by atoms with E-state index in [1.54, 1.807) is 24.3 Å². The Bertz CT molecular complexity index is 1050. The van der Waals surface area contributed by atoms with Crippen molar-refractivity contribution >= 4 is 29.2 Å². The molecule has 158 valence electrons. The van der Waals surface area contributed by atoms with Crippen molar-refractivity contribution < 1.29 is 93.5 Å². The Balaban J connectivity index is 0.00000181. The number of hydrogen-bond donors (Lipinski definition) is 2. The first-order valence-corrected chi connectivity index (χ1v) is 9.83. The van der Waals surface area contributed by atoms with Crippen LogP contribution in [-0.4, -0.2) is 22.8 Å². The number of anilines is 1. The largest absolute Gasteiger partial charge is 1.00 e. The summed E-state index contributed by atoms with van der Waals surface area (Å²) in [6.07, 6.45) is 1.97. The fraction of sp³-hybridized carbons (Fsp3) is 0.333. The summed E-state index contributed by atoms with van der Waals surface area (Å²) in [5.74, 6) is -7.68. The molecule has 0 amide bonds. The fourth-order valence-electron chi connectivity index (χ4n) is 4.08. The van der Waals surface area contributed by atoms with Crippen LogP contribution in [0.4, 0.5) is 5.69 Å². The normalized spacial score (nSPS) is 16.2. The number of hydrogen-bond acceptors (Lipinski definition) is 8. The van der Waals surface area contributed by atoms with E-state index < -0.39 is 23.8 Å². The van der Waals surface area contributed by atoms with Crippen molar-refractivity contribution in [1.82, 2.24) is 0 Å². The van der Waals surface area contributed by atoms with Gasteiger partial charge in [-0.3, -0.25) is 0 Å². The van der Waals surface area contributed by atoms with Crippen LogP contribution in [0.3, 0.4) is 0 Å². The summed E-state index contributed by atoms with van der Waals surface area (Å²) >= 11 is 6.01. The molecule has 2 aromatic carbocycles. The Kier molecular flexibility index (Phi) is 8.97. The van der Waals surface area contributed by atoms with Gasteiger partial charge in [-0.15, -0.1) is 0 Å². The van der Waals surface area contributed by atoms with Crippen molar-refractivity contribution in [2.24, 2.45) is 0 Å². The number of nitrogens with two attached hydrogens (primary N) is 1. The van der Waals surface area contributed by atoms with Gasteiger partial charge < -0.3 is 40.1 Å². The molecule has 2 aliphatic rings. The van der Waals surface area contributed by atoms with Crippen LogP contribution in [0.5, 0.6) is 11.5 Å². The van der Waals surface area contributed by atoms with E-state index >= 15 is 0 Å². The van der Waals surface area contributed by atoms with Crippen molar-refractivity contribution in [2.45, 2.75) is 44.0 Å². The number of carbonyl (C=O) groups excluding carboxylic acids is 2. The molecule has 1 unspecified atom stereocenters. The van der Waals surface area contributed by atoms with E-state index in [9.17, 15) is 24.9 Å². The van der Waals surface area contributed by atoms with Crippen LogP contribution in [0.1, 0.15) is 41.2 Å². The Labute approximate surface area is 233 Å². The Hall–Kier alpha value is -0.970. The molecule has 4 rings (SSSR count). The van der Waals surface area contributed by atoms with Crippen LogP contribution < -0.4 is 84.5 Å². The van der Waals surface area contributed by atoms with Crippen molar-refractivity contribution in [3.8, 4) is 11.5 Å². The molecule has 0 fully saturated rings. The van der Waals surface area contributed by atoms with Crippen LogP contribution in [-0.2, 0) is 28.9 Å². The van der Waals surface area contributed by atoms with Gasteiger partial charge in [0, 0.05) is 17.0 Å². The summed E-state index contributed by atoms with van der Waals surface area (Å²) in [7, 11) is 0. The van der Waals surface area contributed by atoms with Crippen LogP contribution in [0.25, 0.3) is 0 Å². The van der Waals surface area contributed by atoms with Gasteiger partial charge in [0.15, 0.2) is 11.5 Å².